The normalized spacial score (nSPS) is 15.4. The molecule has 2 N–H and O–H groups in total. The fourth-order valence-electron chi connectivity index (χ4n) is 2.98. The van der Waals surface area contributed by atoms with E-state index >= 15 is 0 Å². The van der Waals surface area contributed by atoms with E-state index in [4.69, 9.17) is 16.3 Å². The van der Waals surface area contributed by atoms with Crippen LogP contribution in [0, 0.1) is 0 Å². The molecule has 1 aromatic carbocycles. The molecule has 0 atom stereocenters. The Morgan fingerprint density at radius 2 is 1.96 bits per heavy atom. The maximum Gasteiger partial charge on any atom is 0.191 e. The first-order valence-electron chi connectivity index (χ1n) is 9.38. The topological polar surface area (TPSA) is 52.1 Å². The van der Waals surface area contributed by atoms with Gasteiger partial charge in [-0.15, -0.1) is 24.0 Å². The highest BCUT2D eigenvalue weighted by atomic mass is 127. The van der Waals surface area contributed by atoms with E-state index in [-0.39, 0.29) is 24.0 Å². The van der Waals surface area contributed by atoms with Crippen molar-refractivity contribution in [1.82, 2.24) is 15.5 Å². The van der Waals surface area contributed by atoms with Gasteiger partial charge in [-0.3, -0.25) is 4.99 Å². The molecule has 6 nitrogen and oxygen atoms in total. The molecular weight excluding hydrogens is 477 g/mol. The lowest BCUT2D eigenvalue weighted by molar-refractivity contribution is 0.145. The van der Waals surface area contributed by atoms with Gasteiger partial charge < -0.3 is 25.2 Å². The average Bonchev–Trinajstić information content (AvgIpc) is 2.65. The van der Waals surface area contributed by atoms with Crippen LogP contribution in [0.2, 0.25) is 5.02 Å². The van der Waals surface area contributed by atoms with Gasteiger partial charge in [0.1, 0.15) is 0 Å². The largest absolute Gasteiger partial charge is 0.382 e. The first-order valence-corrected chi connectivity index (χ1v) is 9.76. The molecule has 2 rings (SSSR count). The number of hydrogen-bond donors (Lipinski definition) is 2. The second-order valence-corrected chi connectivity index (χ2v) is 6.84. The molecule has 1 aliphatic rings. The number of benzene rings is 1. The molecule has 0 aliphatic carbocycles. The number of aliphatic imine (C=N–C) groups is 1. The van der Waals surface area contributed by atoms with E-state index in [1.807, 2.05) is 19.1 Å². The summed E-state index contributed by atoms with van der Waals surface area (Å²) < 4.78 is 5.36. The minimum absolute atomic E-state index is 0. The maximum absolute atomic E-state index is 6.51. The van der Waals surface area contributed by atoms with E-state index in [0.29, 0.717) is 6.54 Å². The summed E-state index contributed by atoms with van der Waals surface area (Å²) >= 11 is 6.51. The molecule has 154 valence electrons. The molecule has 27 heavy (non-hydrogen) atoms. The highest BCUT2D eigenvalue weighted by molar-refractivity contribution is 14.0. The highest BCUT2D eigenvalue weighted by Crippen LogP contribution is 2.28. The fraction of sp³-hybridized carbons (Fsp3) is 0.632. The molecule has 1 fully saturated rings. The van der Waals surface area contributed by atoms with Crippen molar-refractivity contribution in [3.8, 4) is 0 Å². The number of likely N-dealkylation sites (N-methyl/N-ethyl adjacent to an activating group) is 1. The molecule has 1 aromatic rings. The number of nitrogens with zero attached hydrogens (tertiary/aromatic N) is 3. The van der Waals surface area contributed by atoms with Gasteiger partial charge in [-0.2, -0.15) is 0 Å². The van der Waals surface area contributed by atoms with E-state index in [9.17, 15) is 0 Å². The zero-order valence-corrected chi connectivity index (χ0v) is 19.7. The summed E-state index contributed by atoms with van der Waals surface area (Å²) in [5, 5.41) is 7.49. The molecule has 1 aliphatic heterocycles. The molecular formula is C19H33ClIN5O. The second kappa shape index (κ2) is 13.4. The number of nitrogens with one attached hydrogen (secondary N) is 2. The smallest absolute Gasteiger partial charge is 0.191 e. The summed E-state index contributed by atoms with van der Waals surface area (Å²) in [6, 6.07) is 6.14. The van der Waals surface area contributed by atoms with Crippen molar-refractivity contribution < 1.29 is 4.74 Å². The van der Waals surface area contributed by atoms with Gasteiger partial charge in [0.25, 0.3) is 0 Å². The number of anilines is 1. The molecule has 0 amide bonds. The van der Waals surface area contributed by atoms with Gasteiger partial charge in [0.05, 0.1) is 0 Å². The summed E-state index contributed by atoms with van der Waals surface area (Å²) in [7, 11) is 3.95. The highest BCUT2D eigenvalue weighted by Gasteiger charge is 2.18. The van der Waals surface area contributed by atoms with Crippen LogP contribution in [0.5, 0.6) is 0 Å². The summed E-state index contributed by atoms with van der Waals surface area (Å²) in [4.78, 5) is 9.06. The van der Waals surface area contributed by atoms with Gasteiger partial charge in [-0.25, -0.2) is 0 Å². The molecule has 0 aromatic heterocycles. The van der Waals surface area contributed by atoms with Crippen LogP contribution in [0.15, 0.2) is 23.2 Å². The van der Waals surface area contributed by atoms with Gasteiger partial charge in [-0.1, -0.05) is 17.7 Å². The second-order valence-electron chi connectivity index (χ2n) is 6.43. The number of halogens is 2. The van der Waals surface area contributed by atoms with Crippen molar-refractivity contribution in [3.63, 3.8) is 0 Å². The van der Waals surface area contributed by atoms with Crippen LogP contribution in [0.4, 0.5) is 5.69 Å². The Hall–Kier alpha value is -0.770. The van der Waals surface area contributed by atoms with E-state index in [1.165, 1.54) is 5.69 Å². The maximum atomic E-state index is 6.51. The van der Waals surface area contributed by atoms with Crippen LogP contribution >= 0.6 is 35.6 Å². The van der Waals surface area contributed by atoms with E-state index in [1.54, 1.807) is 7.05 Å². The van der Waals surface area contributed by atoms with Crippen molar-refractivity contribution in [2.45, 2.75) is 19.9 Å². The third-order valence-electron chi connectivity index (χ3n) is 4.56. The molecule has 0 unspecified atom stereocenters. The fourth-order valence-corrected chi connectivity index (χ4v) is 3.22. The van der Waals surface area contributed by atoms with Gasteiger partial charge in [0.2, 0.25) is 0 Å². The Labute approximate surface area is 185 Å². The number of ether oxygens (including phenoxy) is 1. The predicted octanol–water partition coefficient (Wildman–Crippen LogP) is 2.80. The first-order chi connectivity index (χ1) is 12.7. The van der Waals surface area contributed by atoms with Gasteiger partial charge in [-0.05, 0) is 32.5 Å². The predicted molar refractivity (Wildman–Crippen MR) is 126 cm³/mol. The van der Waals surface area contributed by atoms with E-state index < -0.39 is 0 Å². The van der Waals surface area contributed by atoms with Crippen molar-refractivity contribution in [2.75, 3.05) is 64.9 Å². The van der Waals surface area contributed by atoms with Crippen LogP contribution in [0.25, 0.3) is 0 Å². The minimum Gasteiger partial charge on any atom is -0.382 e. The van der Waals surface area contributed by atoms with Crippen molar-refractivity contribution in [1.29, 1.82) is 0 Å². The number of piperazine rings is 1. The zero-order chi connectivity index (χ0) is 18.8. The Morgan fingerprint density at radius 1 is 1.22 bits per heavy atom. The lowest BCUT2D eigenvalue weighted by atomic mass is 10.1. The Kier molecular flexibility index (Phi) is 12.1. The molecule has 0 saturated carbocycles. The zero-order valence-electron chi connectivity index (χ0n) is 16.6. The van der Waals surface area contributed by atoms with Gasteiger partial charge >= 0.3 is 0 Å². The number of guanidine groups is 1. The minimum atomic E-state index is 0. The number of rotatable bonds is 8. The van der Waals surface area contributed by atoms with Crippen LogP contribution in [-0.4, -0.2) is 70.9 Å². The molecule has 8 heteroatoms. The van der Waals surface area contributed by atoms with Crippen molar-refractivity contribution in [3.05, 3.63) is 28.8 Å². The van der Waals surface area contributed by atoms with Crippen LogP contribution in [0.3, 0.4) is 0 Å². The Morgan fingerprint density at radius 3 is 2.63 bits per heavy atom. The molecule has 1 heterocycles. The lowest BCUT2D eigenvalue weighted by Crippen LogP contribution is -2.45. The van der Waals surface area contributed by atoms with Crippen molar-refractivity contribution >= 4 is 47.2 Å². The summed E-state index contributed by atoms with van der Waals surface area (Å²) in [6.07, 6.45) is 0.952. The number of hydrogen-bond acceptors (Lipinski definition) is 4. The molecule has 1 saturated heterocycles. The summed E-state index contributed by atoms with van der Waals surface area (Å²) in [6.45, 7) is 9.19. The Balaban J connectivity index is 0.00000364. The molecule has 0 radical (unpaired) electrons. The SMILES string of the molecule is CCOCCCNC(=NC)NCc1c(Cl)cccc1N1CCN(C)CC1.I. The van der Waals surface area contributed by atoms with Gasteiger partial charge in [0.15, 0.2) is 5.96 Å². The van der Waals surface area contributed by atoms with Gasteiger partial charge in [0, 0.05) is 75.8 Å². The molecule has 0 bridgehead atoms. The molecule has 0 spiro atoms. The lowest BCUT2D eigenvalue weighted by Gasteiger charge is -2.35. The third-order valence-corrected chi connectivity index (χ3v) is 4.91. The Bertz CT molecular complexity index is 579. The summed E-state index contributed by atoms with van der Waals surface area (Å²) in [5.41, 5.74) is 2.33. The quantitative estimate of drug-likeness (QED) is 0.244. The summed E-state index contributed by atoms with van der Waals surface area (Å²) in [5.74, 6) is 0.783. The van der Waals surface area contributed by atoms with Crippen LogP contribution < -0.4 is 15.5 Å². The van der Waals surface area contributed by atoms with E-state index in [0.717, 1.165) is 68.9 Å². The monoisotopic (exact) mass is 509 g/mol. The first kappa shape index (κ1) is 24.3. The standard InChI is InChI=1S/C19H32ClN5O.HI/c1-4-26-14-6-9-22-19(21-2)23-15-16-17(20)7-5-8-18(16)25-12-10-24(3)11-13-25;/h5,7-8H,4,6,9-15H2,1-3H3,(H2,21,22,23);1H. The average molecular weight is 510 g/mol. The third kappa shape index (κ3) is 8.01. The van der Waals surface area contributed by atoms with Crippen molar-refractivity contribution in [2.24, 2.45) is 4.99 Å². The van der Waals surface area contributed by atoms with E-state index in [2.05, 4.69) is 38.5 Å². The van der Waals surface area contributed by atoms with Crippen LogP contribution in [-0.2, 0) is 11.3 Å². The van der Waals surface area contributed by atoms with Crippen LogP contribution in [0.1, 0.15) is 18.9 Å².